The first-order valence-electron chi connectivity index (χ1n) is 12.9. The molecule has 0 bridgehead atoms. The van der Waals surface area contributed by atoms with Crippen LogP contribution in [0.5, 0.6) is 17.2 Å². The van der Waals surface area contributed by atoms with Crippen LogP contribution < -0.4 is 14.2 Å². The molecular weight excluding hydrogens is 482 g/mol. The van der Waals surface area contributed by atoms with E-state index in [2.05, 4.69) is 65.6 Å². The molecule has 1 saturated heterocycles. The zero-order valence-corrected chi connectivity index (χ0v) is 22.6. The third-order valence-corrected chi connectivity index (χ3v) is 7.17. The predicted molar refractivity (Wildman–Crippen MR) is 155 cm³/mol. The number of benzene rings is 4. The van der Waals surface area contributed by atoms with Crippen LogP contribution in [0.15, 0.2) is 78.9 Å². The van der Waals surface area contributed by atoms with Crippen molar-refractivity contribution >= 4 is 23.2 Å². The molecule has 0 N–H and O–H groups in total. The third kappa shape index (κ3) is 6.57. The molecular formula is C32H36ClNO3. The molecule has 0 saturated carbocycles. The van der Waals surface area contributed by atoms with Crippen molar-refractivity contribution in [1.82, 2.24) is 4.90 Å². The number of likely N-dealkylation sites (tertiary alicyclic amines) is 1. The SMILES string of the molecule is COc1ccc(-c2ccc3cc(OC)ccc3c2Cc2ccc(OCCN3CCCCC3)cc2)cc1.Cl. The van der Waals surface area contributed by atoms with Gasteiger partial charge < -0.3 is 14.2 Å². The Kier molecular flexibility index (Phi) is 9.32. The Morgan fingerprint density at radius 1 is 0.703 bits per heavy atom. The maximum atomic E-state index is 6.06. The van der Waals surface area contributed by atoms with E-state index in [0.29, 0.717) is 0 Å². The molecule has 5 heteroatoms. The van der Waals surface area contributed by atoms with Crippen LogP contribution in [0.25, 0.3) is 21.9 Å². The summed E-state index contributed by atoms with van der Waals surface area (Å²) in [6.45, 7) is 4.16. The van der Waals surface area contributed by atoms with E-state index < -0.39 is 0 Å². The number of ether oxygens (including phenoxy) is 3. The first kappa shape index (κ1) is 26.8. The number of piperidine rings is 1. The summed E-state index contributed by atoms with van der Waals surface area (Å²) in [6, 6.07) is 27.6. The Bertz CT molecular complexity index is 1280. The lowest BCUT2D eigenvalue weighted by Gasteiger charge is -2.26. The van der Waals surface area contributed by atoms with Crippen LogP contribution in [-0.4, -0.2) is 45.4 Å². The summed E-state index contributed by atoms with van der Waals surface area (Å²) in [5.74, 6) is 2.67. The average Bonchev–Trinajstić information content (AvgIpc) is 2.94. The molecule has 37 heavy (non-hydrogen) atoms. The average molecular weight is 518 g/mol. The second kappa shape index (κ2) is 12.8. The molecule has 0 aliphatic carbocycles. The van der Waals surface area contributed by atoms with Gasteiger partial charge in [-0.2, -0.15) is 0 Å². The fourth-order valence-electron chi connectivity index (χ4n) is 5.11. The van der Waals surface area contributed by atoms with E-state index in [-0.39, 0.29) is 12.4 Å². The highest BCUT2D eigenvalue weighted by molar-refractivity contribution is 5.93. The van der Waals surface area contributed by atoms with Gasteiger partial charge >= 0.3 is 0 Å². The van der Waals surface area contributed by atoms with Gasteiger partial charge in [-0.05, 0) is 102 Å². The van der Waals surface area contributed by atoms with Gasteiger partial charge in [0.1, 0.15) is 23.9 Å². The summed E-state index contributed by atoms with van der Waals surface area (Å²) < 4.78 is 16.9. The molecule has 0 unspecified atom stereocenters. The Balaban J connectivity index is 0.00000320. The highest BCUT2D eigenvalue weighted by atomic mass is 35.5. The summed E-state index contributed by atoms with van der Waals surface area (Å²) in [5.41, 5.74) is 4.98. The molecule has 5 rings (SSSR count). The zero-order chi connectivity index (χ0) is 24.7. The molecule has 1 aliphatic rings. The minimum atomic E-state index is 0. The minimum absolute atomic E-state index is 0. The van der Waals surface area contributed by atoms with E-state index in [4.69, 9.17) is 14.2 Å². The molecule has 1 heterocycles. The zero-order valence-electron chi connectivity index (χ0n) is 21.7. The van der Waals surface area contributed by atoms with Gasteiger partial charge in [0.2, 0.25) is 0 Å². The van der Waals surface area contributed by atoms with Crippen LogP contribution in [-0.2, 0) is 6.42 Å². The lowest BCUT2D eigenvalue weighted by atomic mass is 9.90. The van der Waals surface area contributed by atoms with Crippen molar-refractivity contribution in [1.29, 1.82) is 0 Å². The predicted octanol–water partition coefficient (Wildman–Crippen LogP) is 7.40. The molecule has 1 aliphatic heterocycles. The Morgan fingerprint density at radius 2 is 1.38 bits per heavy atom. The summed E-state index contributed by atoms with van der Waals surface area (Å²) in [4.78, 5) is 2.51. The van der Waals surface area contributed by atoms with Crippen molar-refractivity contribution in [2.24, 2.45) is 0 Å². The number of rotatable bonds is 9. The van der Waals surface area contributed by atoms with Crippen molar-refractivity contribution in [3.8, 4) is 28.4 Å². The van der Waals surface area contributed by atoms with Gasteiger partial charge in [0, 0.05) is 6.54 Å². The van der Waals surface area contributed by atoms with Gasteiger partial charge in [-0.15, -0.1) is 12.4 Å². The molecule has 0 atom stereocenters. The largest absolute Gasteiger partial charge is 0.497 e. The van der Waals surface area contributed by atoms with E-state index in [1.54, 1.807) is 14.2 Å². The van der Waals surface area contributed by atoms with Crippen LogP contribution >= 0.6 is 12.4 Å². The summed E-state index contributed by atoms with van der Waals surface area (Å²) in [6.07, 6.45) is 4.82. The normalized spacial score (nSPS) is 13.7. The van der Waals surface area contributed by atoms with E-state index in [1.807, 2.05) is 18.2 Å². The number of hydrogen-bond donors (Lipinski definition) is 0. The van der Waals surface area contributed by atoms with Crippen molar-refractivity contribution in [2.45, 2.75) is 25.7 Å². The first-order valence-corrected chi connectivity index (χ1v) is 12.9. The van der Waals surface area contributed by atoms with Crippen LogP contribution in [0, 0.1) is 0 Å². The summed E-state index contributed by atoms with van der Waals surface area (Å²) in [7, 11) is 3.41. The molecule has 4 nitrogen and oxygen atoms in total. The van der Waals surface area contributed by atoms with E-state index in [1.165, 1.54) is 65.4 Å². The third-order valence-electron chi connectivity index (χ3n) is 7.17. The van der Waals surface area contributed by atoms with E-state index >= 15 is 0 Å². The standard InChI is InChI=1S/C32H35NO3.ClH/c1-34-27-13-8-25(9-14-27)30-16-10-26-23-29(35-2)15-17-31(26)32(30)22-24-6-11-28(12-7-24)36-21-20-33-18-4-3-5-19-33;/h6-17,23H,3-5,18-22H2,1-2H3;1H. The van der Waals surface area contributed by atoms with Crippen molar-refractivity contribution < 1.29 is 14.2 Å². The van der Waals surface area contributed by atoms with Gasteiger partial charge in [0.25, 0.3) is 0 Å². The lowest BCUT2D eigenvalue weighted by Crippen LogP contribution is -2.33. The molecule has 0 spiro atoms. The number of methoxy groups -OCH3 is 2. The minimum Gasteiger partial charge on any atom is -0.497 e. The fourth-order valence-corrected chi connectivity index (χ4v) is 5.11. The topological polar surface area (TPSA) is 30.9 Å². The number of hydrogen-bond acceptors (Lipinski definition) is 4. The molecule has 4 aromatic rings. The first-order chi connectivity index (χ1) is 17.7. The maximum absolute atomic E-state index is 6.06. The van der Waals surface area contributed by atoms with Crippen molar-refractivity contribution in [3.63, 3.8) is 0 Å². The smallest absolute Gasteiger partial charge is 0.119 e. The van der Waals surface area contributed by atoms with Crippen LogP contribution in [0.2, 0.25) is 0 Å². The number of fused-ring (bicyclic) bond motifs is 1. The van der Waals surface area contributed by atoms with Crippen LogP contribution in [0.4, 0.5) is 0 Å². The second-order valence-corrected chi connectivity index (χ2v) is 9.48. The van der Waals surface area contributed by atoms with Crippen molar-refractivity contribution in [2.75, 3.05) is 40.5 Å². The van der Waals surface area contributed by atoms with Crippen LogP contribution in [0.1, 0.15) is 30.4 Å². The Morgan fingerprint density at radius 3 is 2.08 bits per heavy atom. The quantitative estimate of drug-likeness (QED) is 0.231. The lowest BCUT2D eigenvalue weighted by molar-refractivity contribution is 0.183. The summed E-state index contributed by atoms with van der Waals surface area (Å²) in [5, 5.41) is 2.42. The van der Waals surface area contributed by atoms with Gasteiger partial charge in [-0.1, -0.05) is 48.9 Å². The number of halogens is 1. The van der Waals surface area contributed by atoms with E-state index in [9.17, 15) is 0 Å². The second-order valence-electron chi connectivity index (χ2n) is 9.48. The van der Waals surface area contributed by atoms with E-state index in [0.717, 1.165) is 36.8 Å². The molecule has 0 amide bonds. The highest BCUT2D eigenvalue weighted by Gasteiger charge is 2.13. The Hall–Kier alpha value is -3.21. The van der Waals surface area contributed by atoms with Crippen LogP contribution in [0.3, 0.4) is 0 Å². The maximum Gasteiger partial charge on any atom is 0.119 e. The van der Waals surface area contributed by atoms with Gasteiger partial charge in [0.05, 0.1) is 14.2 Å². The Labute approximate surface area is 226 Å². The fraction of sp³-hybridized carbons (Fsp3) is 0.312. The van der Waals surface area contributed by atoms with Gasteiger partial charge in [-0.25, -0.2) is 0 Å². The van der Waals surface area contributed by atoms with Gasteiger partial charge in [0.15, 0.2) is 0 Å². The molecule has 0 aromatic heterocycles. The van der Waals surface area contributed by atoms with Crippen molar-refractivity contribution in [3.05, 3.63) is 90.0 Å². The molecule has 194 valence electrons. The van der Waals surface area contributed by atoms with Gasteiger partial charge in [-0.3, -0.25) is 4.90 Å². The molecule has 1 fully saturated rings. The molecule has 0 radical (unpaired) electrons. The summed E-state index contributed by atoms with van der Waals surface area (Å²) >= 11 is 0. The highest BCUT2D eigenvalue weighted by Crippen LogP contribution is 2.34. The molecule has 4 aromatic carbocycles. The number of nitrogens with zero attached hydrogens (tertiary/aromatic N) is 1. The monoisotopic (exact) mass is 517 g/mol.